The number of rotatable bonds is 5. The third kappa shape index (κ3) is 3.52. The van der Waals surface area contributed by atoms with E-state index in [0.29, 0.717) is 12.2 Å². The van der Waals surface area contributed by atoms with Crippen molar-refractivity contribution in [2.75, 3.05) is 5.75 Å². The van der Waals surface area contributed by atoms with E-state index in [1.54, 1.807) is 0 Å². The van der Waals surface area contributed by atoms with Gasteiger partial charge in [0.1, 0.15) is 11.9 Å². The Kier molecular flexibility index (Phi) is 5.11. The number of thiol groups is 1. The van der Waals surface area contributed by atoms with E-state index in [9.17, 15) is 19.4 Å². The maximum Gasteiger partial charge on any atom is 0.160 e. The number of carbonyl (C=O) groups excluding carboxylic acids is 1. The van der Waals surface area contributed by atoms with Crippen molar-refractivity contribution in [3.63, 3.8) is 0 Å². The van der Waals surface area contributed by atoms with E-state index in [0.717, 1.165) is 12.1 Å². The molecule has 17 heavy (non-hydrogen) atoms. The molecular formula is C12H15FO3S. The number of aliphatic hydroxyl groups is 2. The maximum absolute atomic E-state index is 13.0. The van der Waals surface area contributed by atoms with Crippen molar-refractivity contribution in [2.45, 2.75) is 25.6 Å². The van der Waals surface area contributed by atoms with E-state index in [2.05, 4.69) is 12.6 Å². The number of hydrogen-bond donors (Lipinski definition) is 3. The first-order valence-corrected chi connectivity index (χ1v) is 5.88. The molecule has 0 saturated carbocycles. The Labute approximate surface area is 105 Å². The van der Waals surface area contributed by atoms with E-state index in [4.69, 9.17) is 0 Å². The molecule has 0 amide bonds. The van der Waals surface area contributed by atoms with Gasteiger partial charge in [-0.05, 0) is 36.8 Å². The van der Waals surface area contributed by atoms with Crippen LogP contribution in [0.4, 0.5) is 4.39 Å². The summed E-state index contributed by atoms with van der Waals surface area (Å²) in [5.74, 6) is -0.485. The monoisotopic (exact) mass is 258 g/mol. The van der Waals surface area contributed by atoms with Crippen LogP contribution in [0.1, 0.15) is 35.4 Å². The Bertz CT molecular complexity index is 409. The van der Waals surface area contributed by atoms with Crippen LogP contribution in [0.2, 0.25) is 0 Å². The Morgan fingerprint density at radius 1 is 1.47 bits per heavy atom. The Balaban J connectivity index is 3.08. The minimum Gasteiger partial charge on any atom is -0.390 e. The molecule has 0 spiro atoms. The maximum atomic E-state index is 13.0. The van der Waals surface area contributed by atoms with Gasteiger partial charge in [0.2, 0.25) is 0 Å². The van der Waals surface area contributed by atoms with Crippen LogP contribution in [0.25, 0.3) is 0 Å². The van der Waals surface area contributed by atoms with E-state index >= 15 is 0 Å². The molecule has 94 valence electrons. The van der Waals surface area contributed by atoms with Crippen LogP contribution >= 0.6 is 12.6 Å². The van der Waals surface area contributed by atoms with Gasteiger partial charge in [-0.3, -0.25) is 4.79 Å². The van der Waals surface area contributed by atoms with E-state index < -0.39 is 18.0 Å². The van der Waals surface area contributed by atoms with Crippen LogP contribution in [0.5, 0.6) is 0 Å². The second-order valence-corrected chi connectivity index (χ2v) is 4.26. The molecule has 0 fully saturated rings. The van der Waals surface area contributed by atoms with Crippen LogP contribution in [0, 0.1) is 5.82 Å². The number of benzene rings is 1. The first-order chi connectivity index (χ1) is 7.97. The summed E-state index contributed by atoms with van der Waals surface area (Å²) in [4.78, 5) is 11.3. The molecule has 1 aromatic carbocycles. The smallest absolute Gasteiger partial charge is 0.160 e. The van der Waals surface area contributed by atoms with Gasteiger partial charge in [-0.1, -0.05) is 6.07 Å². The van der Waals surface area contributed by atoms with Crippen LogP contribution in [0.15, 0.2) is 18.2 Å². The minimum atomic E-state index is -1.21. The molecule has 0 aliphatic carbocycles. The highest BCUT2D eigenvalue weighted by atomic mass is 32.1. The predicted molar refractivity (Wildman–Crippen MR) is 65.8 cm³/mol. The van der Waals surface area contributed by atoms with Crippen LogP contribution < -0.4 is 0 Å². The number of carbonyl (C=O) groups is 1. The molecule has 0 heterocycles. The molecule has 1 rings (SSSR count). The number of aliphatic hydroxyl groups excluding tert-OH is 2. The zero-order valence-corrected chi connectivity index (χ0v) is 10.3. The van der Waals surface area contributed by atoms with Gasteiger partial charge < -0.3 is 10.2 Å². The molecule has 0 aliphatic heterocycles. The molecule has 0 saturated heterocycles. The van der Waals surface area contributed by atoms with Gasteiger partial charge in [0.05, 0.1) is 6.10 Å². The summed E-state index contributed by atoms with van der Waals surface area (Å²) in [5, 5.41) is 19.5. The minimum absolute atomic E-state index is 0.0933. The SMILES string of the molecule is CC(=O)c1cc(F)ccc1C(O)C(O)CCS. The Morgan fingerprint density at radius 3 is 2.65 bits per heavy atom. The van der Waals surface area contributed by atoms with Gasteiger partial charge in [-0.15, -0.1) is 0 Å². The topological polar surface area (TPSA) is 57.5 Å². The fraction of sp³-hybridized carbons (Fsp3) is 0.417. The Morgan fingerprint density at radius 2 is 2.12 bits per heavy atom. The van der Waals surface area contributed by atoms with E-state index in [1.807, 2.05) is 0 Å². The molecule has 1 aromatic rings. The quantitative estimate of drug-likeness (QED) is 0.557. The summed E-state index contributed by atoms with van der Waals surface area (Å²) in [5.41, 5.74) is 0.337. The number of hydrogen-bond acceptors (Lipinski definition) is 4. The first kappa shape index (κ1) is 14.2. The van der Waals surface area contributed by atoms with Gasteiger partial charge in [0, 0.05) is 5.56 Å². The van der Waals surface area contributed by atoms with Crippen molar-refractivity contribution in [3.8, 4) is 0 Å². The summed E-state index contributed by atoms with van der Waals surface area (Å²) in [6.07, 6.45) is -1.93. The van der Waals surface area contributed by atoms with Crippen LogP contribution in [0.3, 0.4) is 0 Å². The number of Topliss-reactive ketones (excluding diaryl/α,β-unsaturated/α-hetero) is 1. The summed E-state index contributed by atoms with van der Waals surface area (Å²) < 4.78 is 13.0. The molecule has 0 aliphatic rings. The lowest BCUT2D eigenvalue weighted by Crippen LogP contribution is -2.20. The van der Waals surface area contributed by atoms with Gasteiger partial charge in [0.25, 0.3) is 0 Å². The van der Waals surface area contributed by atoms with Gasteiger partial charge in [-0.2, -0.15) is 12.6 Å². The number of halogens is 1. The zero-order chi connectivity index (χ0) is 13.0. The molecule has 3 nitrogen and oxygen atoms in total. The average Bonchev–Trinajstić information content (AvgIpc) is 2.28. The lowest BCUT2D eigenvalue weighted by molar-refractivity contribution is 0.0167. The van der Waals surface area contributed by atoms with Gasteiger partial charge in [0.15, 0.2) is 5.78 Å². The van der Waals surface area contributed by atoms with Gasteiger partial charge >= 0.3 is 0 Å². The third-order valence-electron chi connectivity index (χ3n) is 2.50. The van der Waals surface area contributed by atoms with Crippen molar-refractivity contribution in [3.05, 3.63) is 35.1 Å². The molecule has 0 aromatic heterocycles. The van der Waals surface area contributed by atoms with Gasteiger partial charge in [-0.25, -0.2) is 4.39 Å². The number of ketones is 1. The highest BCUT2D eigenvalue weighted by Crippen LogP contribution is 2.24. The lowest BCUT2D eigenvalue weighted by atomic mass is 9.95. The largest absolute Gasteiger partial charge is 0.390 e. The second kappa shape index (κ2) is 6.14. The molecule has 5 heteroatoms. The zero-order valence-electron chi connectivity index (χ0n) is 9.43. The van der Waals surface area contributed by atoms with Crippen molar-refractivity contribution in [2.24, 2.45) is 0 Å². The highest BCUT2D eigenvalue weighted by molar-refractivity contribution is 7.80. The molecule has 2 atom stereocenters. The van der Waals surface area contributed by atoms with E-state index in [-0.39, 0.29) is 16.9 Å². The Hall–Kier alpha value is -0.910. The van der Waals surface area contributed by atoms with Crippen molar-refractivity contribution in [1.82, 2.24) is 0 Å². The predicted octanol–water partition coefficient (Wildman–Crippen LogP) is 1.74. The molecule has 2 N–H and O–H groups in total. The second-order valence-electron chi connectivity index (χ2n) is 3.81. The van der Waals surface area contributed by atoms with E-state index in [1.165, 1.54) is 13.0 Å². The first-order valence-electron chi connectivity index (χ1n) is 5.24. The molecule has 0 radical (unpaired) electrons. The van der Waals surface area contributed by atoms with Crippen LogP contribution in [-0.4, -0.2) is 27.9 Å². The molecule has 2 unspecified atom stereocenters. The standard InChI is InChI=1S/C12H15FO3S/c1-7(14)10-6-8(13)2-3-9(10)12(16)11(15)4-5-17/h2-3,6,11-12,15-17H,4-5H2,1H3. The summed E-state index contributed by atoms with van der Waals surface area (Å²) in [7, 11) is 0. The fourth-order valence-electron chi connectivity index (χ4n) is 1.59. The van der Waals surface area contributed by atoms with Crippen molar-refractivity contribution >= 4 is 18.4 Å². The fourth-order valence-corrected chi connectivity index (χ4v) is 1.85. The van der Waals surface area contributed by atoms with Crippen molar-refractivity contribution < 1.29 is 19.4 Å². The summed E-state index contributed by atoms with van der Waals surface area (Å²) >= 11 is 3.95. The molecular weight excluding hydrogens is 243 g/mol. The molecule has 0 bridgehead atoms. The normalized spacial score (nSPS) is 14.4. The summed E-state index contributed by atoms with van der Waals surface area (Å²) in [6.45, 7) is 1.29. The lowest BCUT2D eigenvalue weighted by Gasteiger charge is -2.19. The van der Waals surface area contributed by atoms with Crippen LogP contribution in [-0.2, 0) is 0 Å². The third-order valence-corrected chi connectivity index (χ3v) is 2.76. The highest BCUT2D eigenvalue weighted by Gasteiger charge is 2.22. The van der Waals surface area contributed by atoms with Crippen molar-refractivity contribution in [1.29, 1.82) is 0 Å². The average molecular weight is 258 g/mol. The summed E-state index contributed by atoms with van der Waals surface area (Å²) in [6, 6.07) is 3.53.